The lowest BCUT2D eigenvalue weighted by Gasteiger charge is -2.17. The largest absolute Gasteiger partial charge is 0.382 e. The first-order valence-corrected chi connectivity index (χ1v) is 6.12. The predicted octanol–water partition coefficient (Wildman–Crippen LogP) is 1.44. The van der Waals surface area contributed by atoms with Crippen molar-refractivity contribution < 1.29 is 14.2 Å². The lowest BCUT2D eigenvalue weighted by atomic mass is 10.2. The summed E-state index contributed by atoms with van der Waals surface area (Å²) in [5.74, 6) is 0. The van der Waals surface area contributed by atoms with Crippen LogP contribution in [0, 0.1) is 0 Å². The summed E-state index contributed by atoms with van der Waals surface area (Å²) in [6.45, 7) is 9.89. The molecule has 0 amide bonds. The first-order valence-electron chi connectivity index (χ1n) is 6.12. The molecular formula is C12H27NO3. The summed E-state index contributed by atoms with van der Waals surface area (Å²) < 4.78 is 15.8. The smallest absolute Gasteiger partial charge is 0.0704 e. The van der Waals surface area contributed by atoms with Crippen molar-refractivity contribution in [3.05, 3.63) is 0 Å². The molecule has 4 nitrogen and oxygen atoms in total. The van der Waals surface area contributed by atoms with E-state index in [9.17, 15) is 0 Å². The van der Waals surface area contributed by atoms with Crippen molar-refractivity contribution in [2.24, 2.45) is 0 Å². The van der Waals surface area contributed by atoms with E-state index in [1.54, 1.807) is 7.11 Å². The highest BCUT2D eigenvalue weighted by Crippen LogP contribution is 1.92. The van der Waals surface area contributed by atoms with Crippen LogP contribution in [-0.2, 0) is 14.2 Å². The molecule has 0 saturated carbocycles. The Morgan fingerprint density at radius 1 is 1.06 bits per heavy atom. The van der Waals surface area contributed by atoms with Gasteiger partial charge in [-0.2, -0.15) is 0 Å². The monoisotopic (exact) mass is 233 g/mol. The van der Waals surface area contributed by atoms with E-state index >= 15 is 0 Å². The van der Waals surface area contributed by atoms with Crippen LogP contribution in [0.3, 0.4) is 0 Å². The Hall–Kier alpha value is -0.160. The molecule has 0 saturated heterocycles. The number of hydrogen-bond acceptors (Lipinski definition) is 4. The molecule has 0 aromatic rings. The van der Waals surface area contributed by atoms with Crippen LogP contribution in [0.15, 0.2) is 0 Å². The summed E-state index contributed by atoms with van der Waals surface area (Å²) in [5.41, 5.74) is 0. The molecule has 4 heteroatoms. The van der Waals surface area contributed by atoms with E-state index in [0.717, 1.165) is 13.0 Å². The van der Waals surface area contributed by atoms with Gasteiger partial charge in [0.1, 0.15) is 0 Å². The fourth-order valence-corrected chi connectivity index (χ4v) is 1.12. The molecule has 2 unspecified atom stereocenters. The Kier molecular flexibility index (Phi) is 11.2. The molecule has 0 aromatic heterocycles. The Labute approximate surface area is 99.6 Å². The summed E-state index contributed by atoms with van der Waals surface area (Å²) in [6, 6.07) is 0.559. The van der Waals surface area contributed by atoms with Crippen LogP contribution in [0.2, 0.25) is 0 Å². The van der Waals surface area contributed by atoms with Crippen molar-refractivity contribution in [2.75, 3.05) is 40.1 Å². The molecule has 0 heterocycles. The number of rotatable bonds is 11. The minimum atomic E-state index is 0.236. The summed E-state index contributed by atoms with van der Waals surface area (Å²) in [5, 5.41) is 3.41. The van der Waals surface area contributed by atoms with E-state index in [0.29, 0.717) is 32.5 Å². The minimum Gasteiger partial charge on any atom is -0.382 e. The van der Waals surface area contributed by atoms with Gasteiger partial charge in [-0.3, -0.25) is 0 Å². The van der Waals surface area contributed by atoms with Crippen LogP contribution < -0.4 is 5.32 Å². The second-order valence-electron chi connectivity index (χ2n) is 4.00. The lowest BCUT2D eigenvalue weighted by molar-refractivity contribution is -0.000507. The molecule has 0 fully saturated rings. The van der Waals surface area contributed by atoms with Crippen molar-refractivity contribution in [3.8, 4) is 0 Å². The Morgan fingerprint density at radius 2 is 1.75 bits per heavy atom. The molecule has 0 aromatic carbocycles. The molecule has 0 radical (unpaired) electrons. The van der Waals surface area contributed by atoms with Gasteiger partial charge in [-0.25, -0.2) is 0 Å². The van der Waals surface area contributed by atoms with E-state index in [1.807, 2.05) is 0 Å². The summed E-state index contributed by atoms with van der Waals surface area (Å²) in [7, 11) is 1.67. The predicted molar refractivity (Wildman–Crippen MR) is 65.9 cm³/mol. The van der Waals surface area contributed by atoms with Crippen molar-refractivity contribution in [1.82, 2.24) is 5.32 Å². The fraction of sp³-hybridized carbons (Fsp3) is 1.00. The van der Waals surface area contributed by atoms with Gasteiger partial charge < -0.3 is 19.5 Å². The zero-order chi connectivity index (χ0) is 12.2. The van der Waals surface area contributed by atoms with Gasteiger partial charge in [0.25, 0.3) is 0 Å². The first kappa shape index (κ1) is 15.8. The Morgan fingerprint density at radius 3 is 2.38 bits per heavy atom. The summed E-state index contributed by atoms with van der Waals surface area (Å²) in [6.07, 6.45) is 1.38. The van der Waals surface area contributed by atoms with Gasteiger partial charge in [0.2, 0.25) is 0 Å². The van der Waals surface area contributed by atoms with Gasteiger partial charge >= 0.3 is 0 Å². The van der Waals surface area contributed by atoms with Crippen molar-refractivity contribution in [2.45, 2.75) is 39.3 Å². The van der Waals surface area contributed by atoms with Gasteiger partial charge in [-0.05, 0) is 20.3 Å². The first-order chi connectivity index (χ1) is 7.70. The highest BCUT2D eigenvalue weighted by atomic mass is 16.5. The molecular weight excluding hydrogens is 206 g/mol. The van der Waals surface area contributed by atoms with Gasteiger partial charge in [0.15, 0.2) is 0 Å². The third-order valence-electron chi connectivity index (χ3n) is 2.43. The number of ether oxygens (including phenoxy) is 3. The van der Waals surface area contributed by atoms with Crippen molar-refractivity contribution >= 4 is 0 Å². The quantitative estimate of drug-likeness (QED) is 0.548. The Balaban J connectivity index is 3.20. The fourth-order valence-electron chi connectivity index (χ4n) is 1.12. The zero-order valence-electron chi connectivity index (χ0n) is 11.1. The van der Waals surface area contributed by atoms with Crippen LogP contribution >= 0.6 is 0 Å². The van der Waals surface area contributed by atoms with Gasteiger partial charge in [0.05, 0.1) is 32.5 Å². The van der Waals surface area contributed by atoms with Crippen LogP contribution in [0.4, 0.5) is 0 Å². The van der Waals surface area contributed by atoms with E-state index in [4.69, 9.17) is 14.2 Å². The molecule has 0 aliphatic rings. The van der Waals surface area contributed by atoms with Crippen molar-refractivity contribution in [3.63, 3.8) is 0 Å². The second kappa shape index (κ2) is 11.3. The molecule has 0 aliphatic heterocycles. The zero-order valence-corrected chi connectivity index (χ0v) is 11.1. The molecule has 16 heavy (non-hydrogen) atoms. The van der Waals surface area contributed by atoms with Crippen LogP contribution in [0.25, 0.3) is 0 Å². The van der Waals surface area contributed by atoms with Gasteiger partial charge in [0, 0.05) is 19.7 Å². The highest BCUT2D eigenvalue weighted by Gasteiger charge is 2.03. The number of hydrogen-bond donors (Lipinski definition) is 1. The standard InChI is InChI=1S/C12H27NO3/c1-5-11(2)13-10-12(3)16-9-8-15-7-6-14-4/h11-13H,5-10H2,1-4H3. The van der Waals surface area contributed by atoms with Crippen LogP contribution in [0.1, 0.15) is 27.2 Å². The maximum atomic E-state index is 5.59. The topological polar surface area (TPSA) is 39.7 Å². The third-order valence-corrected chi connectivity index (χ3v) is 2.43. The summed E-state index contributed by atoms with van der Waals surface area (Å²) >= 11 is 0. The molecule has 0 aliphatic carbocycles. The second-order valence-corrected chi connectivity index (χ2v) is 4.00. The van der Waals surface area contributed by atoms with E-state index in [1.165, 1.54) is 0 Å². The Bertz CT molecular complexity index is 144. The highest BCUT2D eigenvalue weighted by molar-refractivity contribution is 4.61. The lowest BCUT2D eigenvalue weighted by Crippen LogP contribution is -2.33. The number of nitrogens with one attached hydrogen (secondary N) is 1. The maximum absolute atomic E-state index is 5.59. The average Bonchev–Trinajstić information content (AvgIpc) is 2.30. The normalized spacial score (nSPS) is 15.0. The van der Waals surface area contributed by atoms with Crippen LogP contribution in [-0.4, -0.2) is 52.2 Å². The maximum Gasteiger partial charge on any atom is 0.0704 e. The average molecular weight is 233 g/mol. The minimum absolute atomic E-state index is 0.236. The van der Waals surface area contributed by atoms with E-state index < -0.39 is 0 Å². The van der Waals surface area contributed by atoms with Gasteiger partial charge in [-0.15, -0.1) is 0 Å². The molecule has 0 spiro atoms. The SMILES string of the molecule is CCC(C)NCC(C)OCCOCCOC. The molecule has 0 rings (SSSR count). The number of methoxy groups -OCH3 is 1. The van der Waals surface area contributed by atoms with Crippen LogP contribution in [0.5, 0.6) is 0 Å². The molecule has 98 valence electrons. The third kappa shape index (κ3) is 10.4. The molecule has 1 N–H and O–H groups in total. The van der Waals surface area contributed by atoms with Crippen molar-refractivity contribution in [1.29, 1.82) is 0 Å². The molecule has 0 bridgehead atoms. The summed E-state index contributed by atoms with van der Waals surface area (Å²) in [4.78, 5) is 0. The van der Waals surface area contributed by atoms with Gasteiger partial charge in [-0.1, -0.05) is 6.92 Å². The molecule has 2 atom stereocenters. The van der Waals surface area contributed by atoms with E-state index in [-0.39, 0.29) is 6.10 Å². The van der Waals surface area contributed by atoms with E-state index in [2.05, 4.69) is 26.1 Å².